The van der Waals surface area contributed by atoms with Crippen LogP contribution in [0.5, 0.6) is 0 Å². The summed E-state index contributed by atoms with van der Waals surface area (Å²) < 4.78 is 10.2. The minimum Gasteiger partial charge on any atom is -0.382 e. The van der Waals surface area contributed by atoms with Gasteiger partial charge in [-0.1, -0.05) is 12.1 Å². The van der Waals surface area contributed by atoms with Crippen molar-refractivity contribution in [2.45, 2.75) is 50.7 Å². The zero-order valence-electron chi connectivity index (χ0n) is 19.1. The number of aromatic nitrogens is 1. The molecule has 0 saturated heterocycles. The Morgan fingerprint density at radius 3 is 2.52 bits per heavy atom. The van der Waals surface area contributed by atoms with E-state index in [4.69, 9.17) is 9.47 Å². The number of hydrogen-bond donors (Lipinski definition) is 2. The molecular weight excluding hydrogens is 420 g/mol. The summed E-state index contributed by atoms with van der Waals surface area (Å²) in [5, 5.41) is 6.07. The summed E-state index contributed by atoms with van der Waals surface area (Å²) in [7, 11) is 1.61. The van der Waals surface area contributed by atoms with Crippen LogP contribution in [-0.4, -0.2) is 54.8 Å². The molecule has 2 heterocycles. The molecular formula is C25H32N4O4. The Labute approximate surface area is 194 Å². The fraction of sp³-hybridized carbons (Fsp3) is 0.480. The van der Waals surface area contributed by atoms with Crippen LogP contribution in [0.3, 0.4) is 0 Å². The molecule has 3 amide bonds. The Kier molecular flexibility index (Phi) is 7.91. The monoisotopic (exact) mass is 452 g/mol. The van der Waals surface area contributed by atoms with Gasteiger partial charge in [0.1, 0.15) is 6.61 Å². The van der Waals surface area contributed by atoms with Crippen molar-refractivity contribution < 1.29 is 19.1 Å². The number of fused-ring (bicyclic) bond motifs is 1. The predicted molar refractivity (Wildman–Crippen MR) is 125 cm³/mol. The van der Waals surface area contributed by atoms with Gasteiger partial charge in [-0.3, -0.25) is 9.78 Å². The molecule has 1 saturated carbocycles. The third kappa shape index (κ3) is 6.30. The number of amides is 3. The molecule has 176 valence electrons. The van der Waals surface area contributed by atoms with Gasteiger partial charge in [-0.2, -0.15) is 0 Å². The van der Waals surface area contributed by atoms with E-state index in [0.29, 0.717) is 32.2 Å². The number of hydrogen-bond acceptors (Lipinski definition) is 5. The zero-order chi connectivity index (χ0) is 23.0. The van der Waals surface area contributed by atoms with Gasteiger partial charge in [-0.15, -0.1) is 0 Å². The van der Waals surface area contributed by atoms with Crippen molar-refractivity contribution in [1.29, 1.82) is 0 Å². The van der Waals surface area contributed by atoms with Crippen LogP contribution in [-0.2, 0) is 27.4 Å². The van der Waals surface area contributed by atoms with E-state index in [0.717, 1.165) is 42.5 Å². The Morgan fingerprint density at radius 2 is 1.79 bits per heavy atom. The van der Waals surface area contributed by atoms with Gasteiger partial charge >= 0.3 is 6.03 Å². The molecule has 1 aromatic heterocycles. The molecule has 1 aromatic carbocycles. The van der Waals surface area contributed by atoms with E-state index in [1.807, 2.05) is 24.4 Å². The minimum absolute atomic E-state index is 0.0630. The maximum Gasteiger partial charge on any atom is 0.322 e. The second-order valence-electron chi connectivity index (χ2n) is 8.71. The van der Waals surface area contributed by atoms with E-state index in [9.17, 15) is 9.59 Å². The number of nitrogens with one attached hydrogen (secondary N) is 2. The number of methoxy groups -OCH3 is 1. The highest BCUT2D eigenvalue weighted by Crippen LogP contribution is 2.33. The molecule has 8 nitrogen and oxygen atoms in total. The maximum absolute atomic E-state index is 12.6. The lowest BCUT2D eigenvalue weighted by atomic mass is 9.81. The van der Waals surface area contributed by atoms with Gasteiger partial charge in [0.2, 0.25) is 5.91 Å². The molecule has 1 aliphatic heterocycles. The lowest BCUT2D eigenvalue weighted by molar-refractivity contribution is -0.127. The van der Waals surface area contributed by atoms with Crippen molar-refractivity contribution in [3.8, 4) is 0 Å². The summed E-state index contributed by atoms with van der Waals surface area (Å²) >= 11 is 0. The number of rotatable bonds is 8. The lowest BCUT2D eigenvalue weighted by Gasteiger charge is -2.29. The number of anilines is 1. The van der Waals surface area contributed by atoms with Crippen LogP contribution in [0, 0.1) is 0 Å². The molecule has 4 rings (SSSR count). The molecule has 1 fully saturated rings. The van der Waals surface area contributed by atoms with E-state index in [-0.39, 0.29) is 24.6 Å². The van der Waals surface area contributed by atoms with Crippen molar-refractivity contribution >= 4 is 17.6 Å². The molecule has 2 aliphatic rings. The summed E-state index contributed by atoms with van der Waals surface area (Å²) in [5.74, 6) is 0.411. The average Bonchev–Trinajstić information content (AvgIpc) is 3.28. The number of pyridine rings is 1. The van der Waals surface area contributed by atoms with Gasteiger partial charge in [0, 0.05) is 44.3 Å². The summed E-state index contributed by atoms with van der Waals surface area (Å²) in [4.78, 5) is 30.6. The normalized spacial score (nSPS) is 19.7. The molecule has 0 atom stereocenters. The topological polar surface area (TPSA) is 92.8 Å². The van der Waals surface area contributed by atoms with Crippen LogP contribution in [0.15, 0.2) is 42.7 Å². The van der Waals surface area contributed by atoms with Gasteiger partial charge in [-0.25, -0.2) is 4.79 Å². The van der Waals surface area contributed by atoms with E-state index in [2.05, 4.69) is 27.8 Å². The highest BCUT2D eigenvalue weighted by molar-refractivity contribution is 5.89. The molecule has 33 heavy (non-hydrogen) atoms. The van der Waals surface area contributed by atoms with E-state index < -0.39 is 0 Å². The first-order valence-corrected chi connectivity index (χ1v) is 11.6. The molecule has 1 aliphatic carbocycles. The molecule has 8 heteroatoms. The molecule has 0 unspecified atom stereocenters. The number of carbonyl (C=O) groups excluding carboxylic acids is 2. The van der Waals surface area contributed by atoms with Gasteiger partial charge in [0.15, 0.2) is 0 Å². The standard InChI is InChI=1S/C25H32N4O4/c1-32-12-13-33-17-24(30)27-22-6-2-18(3-7-22)19-4-8-23(9-5-19)28-25(31)29-15-20-10-11-26-14-21(20)16-29/h4-5,8-11,14,18,22H,2-3,6-7,12-13,15-17H2,1H3,(H,27,30)(H,28,31). The quantitative estimate of drug-likeness (QED) is 0.599. The number of urea groups is 1. The van der Waals surface area contributed by atoms with Crippen LogP contribution in [0.4, 0.5) is 10.5 Å². The second kappa shape index (κ2) is 11.2. The van der Waals surface area contributed by atoms with E-state index >= 15 is 0 Å². The Balaban J connectivity index is 1.20. The van der Waals surface area contributed by atoms with Crippen LogP contribution in [0.25, 0.3) is 0 Å². The van der Waals surface area contributed by atoms with Crippen molar-refractivity contribution in [2.24, 2.45) is 0 Å². The third-order valence-corrected chi connectivity index (χ3v) is 6.40. The van der Waals surface area contributed by atoms with Crippen molar-refractivity contribution in [3.05, 3.63) is 59.4 Å². The number of nitrogens with zero attached hydrogens (tertiary/aromatic N) is 2. The largest absolute Gasteiger partial charge is 0.382 e. The maximum atomic E-state index is 12.6. The number of carbonyl (C=O) groups is 2. The van der Waals surface area contributed by atoms with Crippen LogP contribution in [0.2, 0.25) is 0 Å². The summed E-state index contributed by atoms with van der Waals surface area (Å²) in [6.45, 7) is 2.20. The smallest absolute Gasteiger partial charge is 0.322 e. The SMILES string of the molecule is COCCOCC(=O)NC1CCC(c2ccc(NC(=O)N3Cc4ccncc4C3)cc2)CC1. The molecule has 2 aromatic rings. The number of ether oxygens (including phenoxy) is 2. The fourth-order valence-corrected chi connectivity index (χ4v) is 4.55. The predicted octanol–water partition coefficient (Wildman–Crippen LogP) is 3.43. The minimum atomic E-state index is -0.0959. The average molecular weight is 453 g/mol. The molecule has 2 N–H and O–H groups in total. The van der Waals surface area contributed by atoms with E-state index in [1.165, 1.54) is 5.56 Å². The summed E-state index contributed by atoms with van der Waals surface area (Å²) in [5.41, 5.74) is 4.34. The fourth-order valence-electron chi connectivity index (χ4n) is 4.55. The summed E-state index contributed by atoms with van der Waals surface area (Å²) in [6, 6.07) is 10.2. The Hall–Kier alpha value is -2.97. The lowest BCUT2D eigenvalue weighted by Crippen LogP contribution is -2.39. The highest BCUT2D eigenvalue weighted by Gasteiger charge is 2.25. The Morgan fingerprint density at radius 1 is 1.03 bits per heavy atom. The first kappa shape index (κ1) is 23.2. The first-order valence-electron chi connectivity index (χ1n) is 11.6. The zero-order valence-corrected chi connectivity index (χ0v) is 19.1. The van der Waals surface area contributed by atoms with Crippen molar-refractivity contribution in [3.63, 3.8) is 0 Å². The van der Waals surface area contributed by atoms with Crippen LogP contribution < -0.4 is 10.6 Å². The van der Waals surface area contributed by atoms with Crippen molar-refractivity contribution in [2.75, 3.05) is 32.2 Å². The number of benzene rings is 1. The van der Waals surface area contributed by atoms with Crippen molar-refractivity contribution in [1.82, 2.24) is 15.2 Å². The Bertz CT molecular complexity index is 917. The van der Waals surface area contributed by atoms with Crippen LogP contribution >= 0.6 is 0 Å². The second-order valence-corrected chi connectivity index (χ2v) is 8.71. The third-order valence-electron chi connectivity index (χ3n) is 6.40. The molecule has 0 bridgehead atoms. The highest BCUT2D eigenvalue weighted by atomic mass is 16.5. The molecule has 0 radical (unpaired) electrons. The van der Waals surface area contributed by atoms with Gasteiger partial charge < -0.3 is 25.0 Å². The van der Waals surface area contributed by atoms with Crippen LogP contribution in [0.1, 0.15) is 48.3 Å². The summed E-state index contributed by atoms with van der Waals surface area (Å²) in [6.07, 6.45) is 7.56. The first-order chi connectivity index (χ1) is 16.1. The van der Waals surface area contributed by atoms with Gasteiger partial charge in [0.05, 0.1) is 13.2 Å². The van der Waals surface area contributed by atoms with Gasteiger partial charge in [0.25, 0.3) is 0 Å². The molecule has 0 spiro atoms. The van der Waals surface area contributed by atoms with Gasteiger partial charge in [-0.05, 0) is 66.5 Å². The van der Waals surface area contributed by atoms with E-state index in [1.54, 1.807) is 18.2 Å².